The third kappa shape index (κ3) is 3.18. The summed E-state index contributed by atoms with van der Waals surface area (Å²) in [6.07, 6.45) is 4.43. The molecular formula is C10H11N2. The van der Waals surface area contributed by atoms with E-state index in [9.17, 15) is 0 Å². The van der Waals surface area contributed by atoms with E-state index in [1.165, 1.54) is 0 Å². The van der Waals surface area contributed by atoms with Crippen molar-refractivity contribution in [3.8, 4) is 11.8 Å². The highest BCUT2D eigenvalue weighted by molar-refractivity contribution is 5.31. The van der Waals surface area contributed by atoms with Gasteiger partial charge in [-0.05, 0) is 26.2 Å². The molecule has 0 N–H and O–H groups in total. The SMILES string of the molecule is CN(C)CC#Cc1c[c]ncc1. The van der Waals surface area contributed by atoms with Gasteiger partial charge >= 0.3 is 0 Å². The standard InChI is InChI=1S/C10H11N2/c1-12(2)9-3-4-10-5-7-11-8-6-10/h5-7H,9H2,1-2H3. The summed E-state index contributed by atoms with van der Waals surface area (Å²) in [7, 11) is 3.99. The summed E-state index contributed by atoms with van der Waals surface area (Å²) in [4.78, 5) is 5.81. The summed E-state index contributed by atoms with van der Waals surface area (Å²) in [5.41, 5.74) is 0.965. The van der Waals surface area contributed by atoms with Gasteiger partial charge in [-0.25, -0.2) is 0 Å². The second kappa shape index (κ2) is 4.53. The summed E-state index contributed by atoms with van der Waals surface area (Å²) < 4.78 is 0. The van der Waals surface area contributed by atoms with Crippen molar-refractivity contribution in [2.24, 2.45) is 0 Å². The van der Waals surface area contributed by atoms with E-state index < -0.39 is 0 Å². The highest BCUT2D eigenvalue weighted by atomic mass is 15.0. The molecule has 0 aromatic carbocycles. The van der Waals surface area contributed by atoms with Crippen LogP contribution in [0.2, 0.25) is 0 Å². The van der Waals surface area contributed by atoms with Gasteiger partial charge in [0.15, 0.2) is 0 Å². The third-order valence-corrected chi connectivity index (χ3v) is 1.25. The van der Waals surface area contributed by atoms with Gasteiger partial charge in [-0.15, -0.1) is 0 Å². The lowest BCUT2D eigenvalue weighted by Gasteiger charge is -2.00. The van der Waals surface area contributed by atoms with Gasteiger partial charge < -0.3 is 0 Å². The molecule has 1 aromatic heterocycles. The van der Waals surface area contributed by atoms with Crippen LogP contribution in [0.3, 0.4) is 0 Å². The van der Waals surface area contributed by atoms with Gasteiger partial charge in [-0.3, -0.25) is 9.88 Å². The van der Waals surface area contributed by atoms with Crippen LogP contribution in [0.1, 0.15) is 5.56 Å². The van der Waals surface area contributed by atoms with Gasteiger partial charge in [0.05, 0.1) is 12.7 Å². The van der Waals surface area contributed by atoms with Crippen molar-refractivity contribution in [3.63, 3.8) is 0 Å². The van der Waals surface area contributed by atoms with E-state index in [2.05, 4.69) is 23.0 Å². The largest absolute Gasteiger partial charge is 0.299 e. The first-order valence-corrected chi connectivity index (χ1v) is 3.75. The van der Waals surface area contributed by atoms with E-state index in [0.29, 0.717) is 0 Å². The van der Waals surface area contributed by atoms with Crippen molar-refractivity contribution in [1.29, 1.82) is 0 Å². The molecule has 0 spiro atoms. The van der Waals surface area contributed by atoms with Gasteiger partial charge in [-0.1, -0.05) is 11.8 Å². The van der Waals surface area contributed by atoms with Crippen molar-refractivity contribution in [2.75, 3.05) is 20.6 Å². The van der Waals surface area contributed by atoms with Crippen molar-refractivity contribution in [1.82, 2.24) is 9.88 Å². The number of rotatable bonds is 1. The Hall–Kier alpha value is -1.33. The number of hydrogen-bond donors (Lipinski definition) is 0. The fourth-order valence-electron chi connectivity index (χ4n) is 0.693. The van der Waals surface area contributed by atoms with E-state index in [0.717, 1.165) is 12.1 Å². The summed E-state index contributed by atoms with van der Waals surface area (Å²) in [6, 6.07) is 3.65. The van der Waals surface area contributed by atoms with Crippen LogP contribution in [0.15, 0.2) is 18.3 Å². The molecule has 2 heteroatoms. The summed E-state index contributed by atoms with van der Waals surface area (Å²) in [6.45, 7) is 0.780. The molecule has 0 aliphatic carbocycles. The molecule has 0 aliphatic rings. The molecule has 0 bridgehead atoms. The minimum absolute atomic E-state index is 0.780. The van der Waals surface area contributed by atoms with Gasteiger partial charge in [0.25, 0.3) is 0 Å². The first-order valence-electron chi connectivity index (χ1n) is 3.75. The lowest BCUT2D eigenvalue weighted by atomic mass is 10.3. The molecule has 1 radical (unpaired) electrons. The topological polar surface area (TPSA) is 16.1 Å². The minimum Gasteiger partial charge on any atom is -0.299 e. The smallest absolute Gasteiger partial charge is 0.0898 e. The normalized spacial score (nSPS) is 9.25. The lowest BCUT2D eigenvalue weighted by molar-refractivity contribution is 0.464. The molecule has 12 heavy (non-hydrogen) atoms. The van der Waals surface area contributed by atoms with Crippen LogP contribution in [-0.4, -0.2) is 30.5 Å². The third-order valence-electron chi connectivity index (χ3n) is 1.25. The van der Waals surface area contributed by atoms with E-state index in [-0.39, 0.29) is 0 Å². The van der Waals surface area contributed by atoms with Crippen molar-refractivity contribution in [3.05, 3.63) is 30.1 Å². The van der Waals surface area contributed by atoms with Crippen LogP contribution in [0.5, 0.6) is 0 Å². The van der Waals surface area contributed by atoms with Crippen LogP contribution in [0.25, 0.3) is 0 Å². The quantitative estimate of drug-likeness (QED) is 0.563. The summed E-state index contributed by atoms with van der Waals surface area (Å²) in [5, 5.41) is 0. The van der Waals surface area contributed by atoms with Crippen LogP contribution in [0, 0.1) is 18.0 Å². The Morgan fingerprint density at radius 1 is 1.58 bits per heavy atom. The minimum atomic E-state index is 0.780. The number of pyridine rings is 1. The summed E-state index contributed by atoms with van der Waals surface area (Å²) in [5.74, 6) is 6.04. The molecule has 0 atom stereocenters. The van der Waals surface area contributed by atoms with E-state index in [4.69, 9.17) is 0 Å². The maximum atomic E-state index is 3.79. The Morgan fingerprint density at radius 3 is 3.00 bits per heavy atom. The first kappa shape index (κ1) is 8.76. The molecule has 0 saturated heterocycles. The number of nitrogens with zero attached hydrogens (tertiary/aromatic N) is 2. The second-order valence-electron chi connectivity index (χ2n) is 2.71. The lowest BCUT2D eigenvalue weighted by Crippen LogP contribution is -2.10. The zero-order chi connectivity index (χ0) is 8.81. The molecule has 1 aromatic rings. The Balaban J connectivity index is 2.55. The van der Waals surface area contributed by atoms with Crippen molar-refractivity contribution < 1.29 is 0 Å². The molecular weight excluding hydrogens is 148 g/mol. The molecule has 0 aliphatic heterocycles. The zero-order valence-electron chi connectivity index (χ0n) is 7.33. The van der Waals surface area contributed by atoms with Gasteiger partial charge in [0.1, 0.15) is 0 Å². The Morgan fingerprint density at radius 2 is 2.42 bits per heavy atom. The highest BCUT2D eigenvalue weighted by Crippen LogP contribution is 1.90. The molecule has 1 heterocycles. The van der Waals surface area contributed by atoms with E-state index in [1.54, 1.807) is 12.3 Å². The van der Waals surface area contributed by atoms with Gasteiger partial charge in [0, 0.05) is 11.8 Å². The predicted molar refractivity (Wildman–Crippen MR) is 48.5 cm³/mol. The number of aromatic nitrogens is 1. The molecule has 0 fully saturated rings. The fraction of sp³-hybridized carbons (Fsp3) is 0.300. The maximum absolute atomic E-state index is 3.79. The van der Waals surface area contributed by atoms with Gasteiger partial charge in [0.2, 0.25) is 0 Å². The average molecular weight is 159 g/mol. The molecule has 1 rings (SSSR count). The van der Waals surface area contributed by atoms with Crippen molar-refractivity contribution >= 4 is 0 Å². The van der Waals surface area contributed by atoms with Crippen LogP contribution >= 0.6 is 0 Å². The second-order valence-corrected chi connectivity index (χ2v) is 2.71. The zero-order valence-corrected chi connectivity index (χ0v) is 7.33. The predicted octanol–water partition coefficient (Wildman–Crippen LogP) is 0.795. The molecule has 2 nitrogen and oxygen atoms in total. The van der Waals surface area contributed by atoms with Crippen LogP contribution < -0.4 is 0 Å². The van der Waals surface area contributed by atoms with E-state index in [1.807, 2.05) is 25.1 Å². The van der Waals surface area contributed by atoms with E-state index >= 15 is 0 Å². The monoisotopic (exact) mass is 159 g/mol. The summed E-state index contributed by atoms with van der Waals surface area (Å²) >= 11 is 0. The molecule has 0 unspecified atom stereocenters. The Labute approximate surface area is 73.2 Å². The van der Waals surface area contributed by atoms with Crippen LogP contribution in [-0.2, 0) is 0 Å². The maximum Gasteiger partial charge on any atom is 0.0898 e. The van der Waals surface area contributed by atoms with Gasteiger partial charge in [-0.2, -0.15) is 0 Å². The molecule has 0 amide bonds. The average Bonchev–Trinajstić information content (AvgIpc) is 2.05. The Kier molecular flexibility index (Phi) is 3.31. The first-order chi connectivity index (χ1) is 5.79. The Bertz CT molecular complexity index is 280. The van der Waals surface area contributed by atoms with Crippen LogP contribution in [0.4, 0.5) is 0 Å². The van der Waals surface area contributed by atoms with Crippen molar-refractivity contribution in [2.45, 2.75) is 0 Å². The highest BCUT2D eigenvalue weighted by Gasteiger charge is 1.83. The molecule has 0 saturated carbocycles. The fourth-order valence-corrected chi connectivity index (χ4v) is 0.693. The molecule has 61 valence electrons. The number of hydrogen-bond acceptors (Lipinski definition) is 2.